The number of nitrogens with one attached hydrogen (secondary N) is 1. The largest absolute Gasteiger partial charge is 0.385 e. The summed E-state index contributed by atoms with van der Waals surface area (Å²) in [6, 6.07) is 3.49. The monoisotopic (exact) mass is 286 g/mol. The first-order valence-electron chi connectivity index (χ1n) is 5.12. The Bertz CT molecular complexity index is 327. The molecule has 1 rings (SSSR count). The van der Waals surface area contributed by atoms with E-state index in [1.165, 1.54) is 0 Å². The van der Waals surface area contributed by atoms with Gasteiger partial charge in [0.15, 0.2) is 0 Å². The zero-order valence-corrected chi connectivity index (χ0v) is 10.8. The zero-order chi connectivity index (χ0) is 11.8. The second-order valence-corrected chi connectivity index (χ2v) is 4.23. The standard InChI is InChI=1S/C11H15BrN2O2/c1-16-7-3-2-6-13-11(15)10-5-4-9(12)8-14-10/h4-5,8H,2-3,6-7H2,1H3,(H,13,15). The van der Waals surface area contributed by atoms with Crippen LogP contribution < -0.4 is 5.32 Å². The molecule has 16 heavy (non-hydrogen) atoms. The molecule has 0 unspecified atom stereocenters. The van der Waals surface area contributed by atoms with E-state index in [1.807, 2.05) is 0 Å². The van der Waals surface area contributed by atoms with Crippen LogP contribution in [0.15, 0.2) is 22.8 Å². The van der Waals surface area contributed by atoms with E-state index in [0.717, 1.165) is 23.9 Å². The van der Waals surface area contributed by atoms with Gasteiger partial charge in [-0.3, -0.25) is 4.79 Å². The van der Waals surface area contributed by atoms with Crippen molar-refractivity contribution in [1.82, 2.24) is 10.3 Å². The highest BCUT2D eigenvalue weighted by atomic mass is 79.9. The Hall–Kier alpha value is -0.940. The summed E-state index contributed by atoms with van der Waals surface area (Å²) in [5.41, 5.74) is 0.440. The van der Waals surface area contributed by atoms with Crippen LogP contribution in [0.4, 0.5) is 0 Å². The van der Waals surface area contributed by atoms with Crippen molar-refractivity contribution in [2.45, 2.75) is 12.8 Å². The highest BCUT2D eigenvalue weighted by molar-refractivity contribution is 9.10. The van der Waals surface area contributed by atoms with Gasteiger partial charge >= 0.3 is 0 Å². The fraction of sp³-hybridized carbons (Fsp3) is 0.455. The van der Waals surface area contributed by atoms with Crippen molar-refractivity contribution in [2.75, 3.05) is 20.3 Å². The van der Waals surface area contributed by atoms with Crippen LogP contribution in [0.25, 0.3) is 0 Å². The smallest absolute Gasteiger partial charge is 0.269 e. The molecule has 0 spiro atoms. The molecule has 0 atom stereocenters. The summed E-state index contributed by atoms with van der Waals surface area (Å²) in [6.45, 7) is 1.38. The molecule has 0 aliphatic heterocycles. The fourth-order valence-corrected chi connectivity index (χ4v) is 1.41. The average molecular weight is 287 g/mol. The van der Waals surface area contributed by atoms with Gasteiger partial charge in [-0.25, -0.2) is 4.98 Å². The molecular weight excluding hydrogens is 272 g/mol. The topological polar surface area (TPSA) is 51.2 Å². The lowest BCUT2D eigenvalue weighted by atomic mass is 10.3. The molecule has 1 aromatic heterocycles. The van der Waals surface area contributed by atoms with Gasteiger partial charge in [-0.15, -0.1) is 0 Å². The third-order valence-corrected chi connectivity index (χ3v) is 2.49. The van der Waals surface area contributed by atoms with E-state index in [1.54, 1.807) is 25.4 Å². The molecule has 88 valence electrons. The Labute approximate surface area is 104 Å². The molecule has 4 nitrogen and oxygen atoms in total. The van der Waals surface area contributed by atoms with E-state index in [0.29, 0.717) is 12.2 Å². The van der Waals surface area contributed by atoms with Crippen molar-refractivity contribution in [2.24, 2.45) is 0 Å². The summed E-state index contributed by atoms with van der Waals surface area (Å²) in [4.78, 5) is 15.6. The highest BCUT2D eigenvalue weighted by Gasteiger charge is 2.05. The molecule has 0 fully saturated rings. The molecule has 1 heterocycles. The number of hydrogen-bond donors (Lipinski definition) is 1. The first-order valence-corrected chi connectivity index (χ1v) is 5.92. The predicted molar refractivity (Wildman–Crippen MR) is 65.4 cm³/mol. The van der Waals surface area contributed by atoms with Crippen molar-refractivity contribution in [1.29, 1.82) is 0 Å². The molecule has 0 saturated heterocycles. The van der Waals surface area contributed by atoms with Crippen molar-refractivity contribution in [3.05, 3.63) is 28.5 Å². The van der Waals surface area contributed by atoms with Crippen LogP contribution in [-0.2, 0) is 4.74 Å². The Morgan fingerprint density at radius 1 is 1.50 bits per heavy atom. The SMILES string of the molecule is COCCCCNC(=O)c1ccc(Br)cn1. The Morgan fingerprint density at radius 2 is 2.31 bits per heavy atom. The number of carbonyl (C=O) groups excluding carboxylic acids is 1. The highest BCUT2D eigenvalue weighted by Crippen LogP contribution is 2.07. The minimum Gasteiger partial charge on any atom is -0.385 e. The number of nitrogens with zero attached hydrogens (tertiary/aromatic N) is 1. The van der Waals surface area contributed by atoms with Gasteiger partial charge in [0.25, 0.3) is 5.91 Å². The molecule has 0 bridgehead atoms. The van der Waals surface area contributed by atoms with Gasteiger partial charge in [0.1, 0.15) is 5.69 Å². The lowest BCUT2D eigenvalue weighted by Gasteiger charge is -2.04. The summed E-state index contributed by atoms with van der Waals surface area (Å²) in [5, 5.41) is 2.81. The summed E-state index contributed by atoms with van der Waals surface area (Å²) >= 11 is 3.27. The maximum Gasteiger partial charge on any atom is 0.269 e. The lowest BCUT2D eigenvalue weighted by Crippen LogP contribution is -2.25. The van der Waals surface area contributed by atoms with Gasteiger partial charge in [-0.05, 0) is 40.9 Å². The molecular formula is C11H15BrN2O2. The van der Waals surface area contributed by atoms with Crippen molar-refractivity contribution in [3.63, 3.8) is 0 Å². The van der Waals surface area contributed by atoms with E-state index in [2.05, 4.69) is 26.2 Å². The van der Waals surface area contributed by atoms with Crippen LogP contribution in [0.1, 0.15) is 23.3 Å². The van der Waals surface area contributed by atoms with Gasteiger partial charge in [-0.1, -0.05) is 0 Å². The number of halogens is 1. The van der Waals surface area contributed by atoms with Gasteiger partial charge in [0, 0.05) is 30.9 Å². The summed E-state index contributed by atoms with van der Waals surface area (Å²) in [6.07, 6.45) is 3.47. The van der Waals surface area contributed by atoms with Crippen molar-refractivity contribution >= 4 is 21.8 Å². The lowest BCUT2D eigenvalue weighted by molar-refractivity contribution is 0.0946. The van der Waals surface area contributed by atoms with E-state index < -0.39 is 0 Å². The number of carbonyl (C=O) groups is 1. The molecule has 1 N–H and O–H groups in total. The average Bonchev–Trinajstić information content (AvgIpc) is 2.29. The van der Waals surface area contributed by atoms with E-state index >= 15 is 0 Å². The third kappa shape index (κ3) is 4.72. The number of rotatable bonds is 6. The van der Waals surface area contributed by atoms with Crippen LogP contribution in [0.5, 0.6) is 0 Å². The second kappa shape index (κ2) is 7.35. The van der Waals surface area contributed by atoms with Crippen LogP contribution in [0.3, 0.4) is 0 Å². The molecule has 1 amide bonds. The van der Waals surface area contributed by atoms with Gasteiger partial charge in [0.2, 0.25) is 0 Å². The zero-order valence-electron chi connectivity index (χ0n) is 9.20. The second-order valence-electron chi connectivity index (χ2n) is 3.32. The van der Waals surface area contributed by atoms with Crippen LogP contribution in [0, 0.1) is 0 Å². The number of unbranched alkanes of at least 4 members (excludes halogenated alkanes) is 1. The van der Waals surface area contributed by atoms with E-state index in [-0.39, 0.29) is 5.91 Å². The summed E-state index contributed by atoms with van der Waals surface area (Å²) in [7, 11) is 1.67. The van der Waals surface area contributed by atoms with E-state index in [4.69, 9.17) is 4.74 Å². The minimum atomic E-state index is -0.134. The number of amides is 1. The summed E-state index contributed by atoms with van der Waals surface area (Å²) < 4.78 is 5.78. The molecule has 0 radical (unpaired) electrons. The van der Waals surface area contributed by atoms with Gasteiger partial charge in [-0.2, -0.15) is 0 Å². The van der Waals surface area contributed by atoms with Crippen molar-refractivity contribution in [3.8, 4) is 0 Å². The first-order chi connectivity index (χ1) is 7.74. The fourth-order valence-electron chi connectivity index (χ4n) is 1.17. The predicted octanol–water partition coefficient (Wildman–Crippen LogP) is 2.00. The maximum atomic E-state index is 11.6. The first kappa shape index (κ1) is 13.1. The minimum absolute atomic E-state index is 0.134. The quantitative estimate of drug-likeness (QED) is 0.814. The summed E-state index contributed by atoms with van der Waals surface area (Å²) in [5.74, 6) is -0.134. The van der Waals surface area contributed by atoms with Crippen molar-refractivity contribution < 1.29 is 9.53 Å². The molecule has 5 heteroatoms. The number of ether oxygens (including phenoxy) is 1. The number of methoxy groups -OCH3 is 1. The molecule has 0 saturated carbocycles. The van der Waals surface area contributed by atoms with Gasteiger partial charge in [0.05, 0.1) is 0 Å². The Morgan fingerprint density at radius 3 is 2.94 bits per heavy atom. The number of aromatic nitrogens is 1. The van der Waals surface area contributed by atoms with Gasteiger partial charge < -0.3 is 10.1 Å². The Balaban J connectivity index is 2.27. The number of pyridine rings is 1. The Kier molecular flexibility index (Phi) is 6.03. The molecule has 0 aliphatic carbocycles. The normalized spacial score (nSPS) is 10.1. The number of hydrogen-bond acceptors (Lipinski definition) is 3. The molecule has 1 aromatic rings. The van der Waals surface area contributed by atoms with Crippen LogP contribution in [-0.4, -0.2) is 31.2 Å². The van der Waals surface area contributed by atoms with E-state index in [9.17, 15) is 4.79 Å². The maximum absolute atomic E-state index is 11.6. The van der Waals surface area contributed by atoms with Crippen LogP contribution in [0.2, 0.25) is 0 Å². The third-order valence-electron chi connectivity index (χ3n) is 2.02. The molecule has 0 aromatic carbocycles. The van der Waals surface area contributed by atoms with Crippen LogP contribution >= 0.6 is 15.9 Å². The molecule has 0 aliphatic rings.